The van der Waals surface area contributed by atoms with Crippen molar-refractivity contribution in [2.75, 3.05) is 6.61 Å². The molecular formula is C16H19F2NO3. The molecule has 0 saturated heterocycles. The third-order valence-electron chi connectivity index (χ3n) is 3.89. The third-order valence-corrected chi connectivity index (χ3v) is 3.89. The molecule has 1 saturated carbocycles. The van der Waals surface area contributed by atoms with Gasteiger partial charge in [-0.1, -0.05) is 19.8 Å². The Bertz CT molecular complexity index is 542. The van der Waals surface area contributed by atoms with Crippen LogP contribution in [0.1, 0.15) is 43.0 Å². The minimum atomic E-state index is -0.926. The highest BCUT2D eigenvalue weighted by Crippen LogP contribution is 2.23. The number of rotatable bonds is 4. The number of carbonyl (C=O) groups excluding carboxylic acids is 2. The Hall–Kier alpha value is -1.98. The molecule has 1 amide bonds. The van der Waals surface area contributed by atoms with E-state index in [9.17, 15) is 18.4 Å². The fraction of sp³-hybridized carbons (Fsp3) is 0.500. The van der Waals surface area contributed by atoms with E-state index in [1.807, 2.05) is 0 Å². The van der Waals surface area contributed by atoms with Crippen LogP contribution in [0.2, 0.25) is 0 Å². The zero-order valence-electron chi connectivity index (χ0n) is 12.4. The lowest BCUT2D eigenvalue weighted by molar-refractivity contribution is -0.125. The van der Waals surface area contributed by atoms with Gasteiger partial charge in [-0.2, -0.15) is 0 Å². The average Bonchev–Trinajstić information content (AvgIpc) is 2.46. The van der Waals surface area contributed by atoms with Crippen molar-refractivity contribution in [1.29, 1.82) is 0 Å². The summed E-state index contributed by atoms with van der Waals surface area (Å²) in [5.74, 6) is -2.67. The predicted molar refractivity (Wildman–Crippen MR) is 76.2 cm³/mol. The van der Waals surface area contributed by atoms with Gasteiger partial charge in [0.15, 0.2) is 6.61 Å². The molecule has 1 aliphatic carbocycles. The van der Waals surface area contributed by atoms with Crippen LogP contribution < -0.4 is 5.32 Å². The Kier molecular flexibility index (Phi) is 5.46. The summed E-state index contributed by atoms with van der Waals surface area (Å²) in [6.07, 6.45) is 4.20. The van der Waals surface area contributed by atoms with Gasteiger partial charge in [-0.15, -0.1) is 0 Å². The monoisotopic (exact) mass is 311 g/mol. The molecule has 0 heterocycles. The van der Waals surface area contributed by atoms with E-state index in [0.717, 1.165) is 37.8 Å². The van der Waals surface area contributed by atoms with Gasteiger partial charge in [0.05, 0.1) is 5.56 Å². The van der Waals surface area contributed by atoms with E-state index in [1.54, 1.807) is 0 Å². The summed E-state index contributed by atoms with van der Waals surface area (Å²) in [4.78, 5) is 23.5. The highest BCUT2D eigenvalue weighted by atomic mass is 19.1. The van der Waals surface area contributed by atoms with Crippen LogP contribution in [0.25, 0.3) is 0 Å². The fourth-order valence-electron chi connectivity index (χ4n) is 2.67. The minimum absolute atomic E-state index is 0.0894. The summed E-state index contributed by atoms with van der Waals surface area (Å²) in [5, 5.41) is 2.83. The molecule has 6 heteroatoms. The number of benzene rings is 1. The number of nitrogens with one attached hydrogen (secondary N) is 1. The maximum Gasteiger partial charge on any atom is 0.338 e. The molecule has 1 fully saturated rings. The molecule has 2 rings (SSSR count). The van der Waals surface area contributed by atoms with Crippen molar-refractivity contribution in [1.82, 2.24) is 5.32 Å². The normalized spacial score (nSPS) is 21.2. The second kappa shape index (κ2) is 7.33. The van der Waals surface area contributed by atoms with Gasteiger partial charge in [-0.3, -0.25) is 4.79 Å². The highest BCUT2D eigenvalue weighted by Gasteiger charge is 2.23. The number of carbonyl (C=O) groups is 2. The average molecular weight is 311 g/mol. The Morgan fingerprint density at radius 2 is 1.82 bits per heavy atom. The maximum atomic E-state index is 13.0. The molecule has 22 heavy (non-hydrogen) atoms. The molecule has 1 N–H and O–H groups in total. The van der Waals surface area contributed by atoms with Crippen molar-refractivity contribution in [3.05, 3.63) is 35.4 Å². The van der Waals surface area contributed by atoms with Gasteiger partial charge in [0.25, 0.3) is 5.91 Å². The third kappa shape index (κ3) is 4.51. The molecule has 120 valence electrons. The summed E-state index contributed by atoms with van der Waals surface area (Å²) in [6, 6.07) is 2.49. The molecule has 0 radical (unpaired) electrons. The summed E-state index contributed by atoms with van der Waals surface area (Å²) < 4.78 is 30.8. The molecule has 0 bridgehead atoms. The van der Waals surface area contributed by atoms with Crippen molar-refractivity contribution in [2.24, 2.45) is 5.92 Å². The van der Waals surface area contributed by atoms with Crippen LogP contribution in [-0.2, 0) is 9.53 Å². The van der Waals surface area contributed by atoms with E-state index in [4.69, 9.17) is 4.74 Å². The summed E-state index contributed by atoms with van der Waals surface area (Å²) in [6.45, 7) is 1.62. The van der Waals surface area contributed by atoms with Crippen LogP contribution in [-0.4, -0.2) is 24.5 Å². The van der Waals surface area contributed by atoms with Gasteiger partial charge >= 0.3 is 5.97 Å². The van der Waals surface area contributed by atoms with Gasteiger partial charge in [-0.25, -0.2) is 13.6 Å². The summed E-state index contributed by atoms with van der Waals surface area (Å²) in [7, 11) is 0. The topological polar surface area (TPSA) is 55.4 Å². The second-order valence-electron chi connectivity index (χ2n) is 5.67. The van der Waals surface area contributed by atoms with Gasteiger partial charge < -0.3 is 10.1 Å². The Morgan fingerprint density at radius 3 is 2.45 bits per heavy atom. The highest BCUT2D eigenvalue weighted by molar-refractivity contribution is 5.91. The largest absolute Gasteiger partial charge is 0.452 e. The zero-order chi connectivity index (χ0) is 16.1. The number of amides is 1. The summed E-state index contributed by atoms with van der Waals surface area (Å²) >= 11 is 0. The van der Waals surface area contributed by atoms with Crippen molar-refractivity contribution < 1.29 is 23.1 Å². The van der Waals surface area contributed by atoms with Crippen LogP contribution in [0.5, 0.6) is 0 Å². The predicted octanol–water partition coefficient (Wildman–Crippen LogP) is 2.82. The van der Waals surface area contributed by atoms with Crippen molar-refractivity contribution >= 4 is 11.9 Å². The first-order valence-corrected chi connectivity index (χ1v) is 7.38. The zero-order valence-corrected chi connectivity index (χ0v) is 12.4. The lowest BCUT2D eigenvalue weighted by Gasteiger charge is -2.29. The van der Waals surface area contributed by atoms with E-state index in [-0.39, 0.29) is 11.6 Å². The number of esters is 1. The second-order valence-corrected chi connectivity index (χ2v) is 5.67. The minimum Gasteiger partial charge on any atom is -0.452 e. The molecule has 0 aromatic heterocycles. The number of halogens is 2. The van der Waals surface area contributed by atoms with Crippen LogP contribution in [0.15, 0.2) is 18.2 Å². The molecule has 2 atom stereocenters. The molecular weight excluding hydrogens is 292 g/mol. The number of hydrogen-bond acceptors (Lipinski definition) is 3. The van der Waals surface area contributed by atoms with Crippen molar-refractivity contribution in [3.63, 3.8) is 0 Å². The van der Waals surface area contributed by atoms with Gasteiger partial charge in [-0.05, 0) is 30.9 Å². The van der Waals surface area contributed by atoms with Crippen molar-refractivity contribution in [2.45, 2.75) is 38.6 Å². The Labute approximate surface area is 127 Å². The first-order valence-electron chi connectivity index (χ1n) is 7.38. The molecule has 0 aliphatic heterocycles. The van der Waals surface area contributed by atoms with Crippen LogP contribution in [0.3, 0.4) is 0 Å². The smallest absolute Gasteiger partial charge is 0.338 e. The van der Waals surface area contributed by atoms with E-state index in [1.165, 1.54) is 0 Å². The van der Waals surface area contributed by atoms with Crippen LogP contribution in [0.4, 0.5) is 8.78 Å². The standard InChI is InChI=1S/C16H19F2NO3/c1-10-4-2-3-5-14(10)19-15(20)9-22-16(21)11-6-12(17)8-13(18)7-11/h6-8,10,14H,2-5,9H2,1H3,(H,19,20)/t10-,14-/m0/s1. The van der Waals surface area contributed by atoms with Crippen LogP contribution in [0, 0.1) is 17.6 Å². The first-order chi connectivity index (χ1) is 10.5. The van der Waals surface area contributed by atoms with Gasteiger partial charge in [0.2, 0.25) is 0 Å². The fourth-order valence-corrected chi connectivity index (χ4v) is 2.67. The van der Waals surface area contributed by atoms with E-state index in [2.05, 4.69) is 12.2 Å². The number of hydrogen-bond donors (Lipinski definition) is 1. The number of ether oxygens (including phenoxy) is 1. The Morgan fingerprint density at radius 1 is 1.18 bits per heavy atom. The molecule has 0 unspecified atom stereocenters. The molecule has 1 aromatic carbocycles. The summed E-state index contributed by atoms with van der Waals surface area (Å²) in [5.41, 5.74) is -0.253. The molecule has 0 spiro atoms. The van der Waals surface area contributed by atoms with E-state index < -0.39 is 30.1 Å². The van der Waals surface area contributed by atoms with E-state index in [0.29, 0.717) is 12.0 Å². The lowest BCUT2D eigenvalue weighted by Crippen LogP contribution is -2.42. The molecule has 1 aromatic rings. The van der Waals surface area contributed by atoms with Crippen LogP contribution >= 0.6 is 0 Å². The molecule has 4 nitrogen and oxygen atoms in total. The maximum absolute atomic E-state index is 13.0. The van der Waals surface area contributed by atoms with E-state index >= 15 is 0 Å². The quantitative estimate of drug-likeness (QED) is 0.870. The molecule has 1 aliphatic rings. The lowest BCUT2D eigenvalue weighted by atomic mass is 9.86. The SMILES string of the molecule is C[C@H]1CCCC[C@@H]1NC(=O)COC(=O)c1cc(F)cc(F)c1. The van der Waals surface area contributed by atoms with Gasteiger partial charge in [0, 0.05) is 12.1 Å². The van der Waals surface area contributed by atoms with Gasteiger partial charge in [0.1, 0.15) is 11.6 Å². The first kappa shape index (κ1) is 16.4. The van der Waals surface area contributed by atoms with Crippen molar-refractivity contribution in [3.8, 4) is 0 Å². The Balaban J connectivity index is 1.83.